The number of pyridine rings is 1. The SMILES string of the molecule is CC(C)(O)CNS(=O)(=O)c1cccc([C@@]23CC[C@@H](c4cc(-c5c(F)cccc5F)nnc42)C3(C)C)n1. The fraction of sp³-hybridized carbons (Fsp3) is 0.423. The van der Waals surface area contributed by atoms with Crippen LogP contribution in [0.2, 0.25) is 0 Å². The maximum absolute atomic E-state index is 14.5. The summed E-state index contributed by atoms with van der Waals surface area (Å²) in [4.78, 5) is 4.58. The maximum atomic E-state index is 14.5. The van der Waals surface area contributed by atoms with E-state index in [9.17, 15) is 22.3 Å². The molecule has 0 radical (unpaired) electrons. The number of halogens is 2. The Balaban J connectivity index is 1.62. The quantitative estimate of drug-likeness (QED) is 0.514. The highest BCUT2D eigenvalue weighted by Gasteiger charge is 2.65. The zero-order valence-electron chi connectivity index (χ0n) is 20.5. The molecule has 2 atom stereocenters. The third-order valence-corrected chi connectivity index (χ3v) is 9.03. The number of rotatable bonds is 6. The van der Waals surface area contributed by atoms with Crippen molar-refractivity contribution in [3.63, 3.8) is 0 Å². The number of aromatic nitrogens is 3. The van der Waals surface area contributed by atoms with E-state index >= 15 is 0 Å². The maximum Gasteiger partial charge on any atom is 0.258 e. The second kappa shape index (κ2) is 8.09. The van der Waals surface area contributed by atoms with Gasteiger partial charge >= 0.3 is 0 Å². The van der Waals surface area contributed by atoms with Gasteiger partial charge in [0.15, 0.2) is 5.03 Å². The average Bonchev–Trinajstić information content (AvgIpc) is 3.18. The molecule has 0 saturated heterocycles. The Labute approximate surface area is 209 Å². The Hall–Kier alpha value is -2.82. The number of hydrogen-bond donors (Lipinski definition) is 2. The molecule has 1 aromatic carbocycles. The first-order chi connectivity index (χ1) is 16.8. The fourth-order valence-corrected chi connectivity index (χ4v) is 7.07. The minimum Gasteiger partial charge on any atom is -0.389 e. The molecule has 36 heavy (non-hydrogen) atoms. The Morgan fingerprint density at radius 1 is 1.11 bits per heavy atom. The predicted molar refractivity (Wildman–Crippen MR) is 130 cm³/mol. The molecule has 2 N–H and O–H groups in total. The van der Waals surface area contributed by atoms with Crippen molar-refractivity contribution in [1.82, 2.24) is 19.9 Å². The van der Waals surface area contributed by atoms with Crippen molar-refractivity contribution >= 4 is 10.0 Å². The number of nitrogens with one attached hydrogen (secondary N) is 1. The summed E-state index contributed by atoms with van der Waals surface area (Å²) in [6, 6.07) is 10.2. The summed E-state index contributed by atoms with van der Waals surface area (Å²) in [5.41, 5.74) is -0.349. The monoisotopic (exact) mass is 514 g/mol. The molecule has 10 heteroatoms. The Morgan fingerprint density at radius 2 is 1.78 bits per heavy atom. The zero-order valence-corrected chi connectivity index (χ0v) is 21.3. The molecule has 2 aliphatic rings. The Kier molecular flexibility index (Phi) is 5.59. The summed E-state index contributed by atoms with van der Waals surface area (Å²) in [6.45, 7) is 7.03. The van der Waals surface area contributed by atoms with Crippen LogP contribution >= 0.6 is 0 Å². The molecule has 7 nitrogen and oxygen atoms in total. The second-order valence-corrected chi connectivity index (χ2v) is 12.6. The summed E-state index contributed by atoms with van der Waals surface area (Å²) in [6.07, 6.45) is 1.48. The third kappa shape index (κ3) is 3.65. The summed E-state index contributed by atoms with van der Waals surface area (Å²) in [5.74, 6) is -1.38. The largest absolute Gasteiger partial charge is 0.389 e. The lowest BCUT2D eigenvalue weighted by atomic mass is 9.66. The van der Waals surface area contributed by atoms with E-state index in [4.69, 9.17) is 0 Å². The van der Waals surface area contributed by atoms with Crippen molar-refractivity contribution < 1.29 is 22.3 Å². The van der Waals surface area contributed by atoms with E-state index in [0.717, 1.165) is 12.0 Å². The number of aliphatic hydroxyl groups is 1. The molecule has 0 amide bonds. The van der Waals surface area contributed by atoms with Gasteiger partial charge in [0.2, 0.25) is 0 Å². The molecule has 2 aromatic heterocycles. The van der Waals surface area contributed by atoms with Crippen LogP contribution in [0.15, 0.2) is 47.5 Å². The summed E-state index contributed by atoms with van der Waals surface area (Å²) >= 11 is 0. The van der Waals surface area contributed by atoms with Crippen molar-refractivity contribution in [2.45, 2.75) is 62.5 Å². The van der Waals surface area contributed by atoms with Gasteiger partial charge in [-0.25, -0.2) is 26.9 Å². The van der Waals surface area contributed by atoms with Crippen molar-refractivity contribution in [2.24, 2.45) is 5.41 Å². The molecule has 1 fully saturated rings. The Bertz CT molecular complexity index is 1450. The van der Waals surface area contributed by atoms with Gasteiger partial charge < -0.3 is 5.11 Å². The van der Waals surface area contributed by atoms with Gasteiger partial charge in [0.1, 0.15) is 11.6 Å². The molecule has 2 aliphatic carbocycles. The van der Waals surface area contributed by atoms with E-state index in [0.29, 0.717) is 17.8 Å². The van der Waals surface area contributed by atoms with Crippen LogP contribution in [-0.4, -0.2) is 40.9 Å². The second-order valence-electron chi connectivity index (χ2n) is 10.8. The first kappa shape index (κ1) is 24.9. The van der Waals surface area contributed by atoms with Gasteiger partial charge in [0.25, 0.3) is 10.0 Å². The van der Waals surface area contributed by atoms with Crippen molar-refractivity contribution in [2.75, 3.05) is 6.54 Å². The van der Waals surface area contributed by atoms with E-state index in [1.54, 1.807) is 18.2 Å². The summed E-state index contributed by atoms with van der Waals surface area (Å²) < 4.78 is 57.2. The third-order valence-electron chi connectivity index (χ3n) is 7.73. The molecular formula is C26H28F2N4O3S. The molecule has 0 spiro atoms. The number of hydrogen-bond acceptors (Lipinski definition) is 6. The molecule has 190 valence electrons. The minimum atomic E-state index is -3.97. The molecule has 5 rings (SSSR count). The van der Waals surface area contributed by atoms with Gasteiger partial charge in [-0.2, -0.15) is 5.10 Å². The van der Waals surface area contributed by atoms with Crippen LogP contribution in [0.25, 0.3) is 11.3 Å². The van der Waals surface area contributed by atoms with Gasteiger partial charge in [-0.1, -0.05) is 26.0 Å². The normalized spacial score (nSPS) is 22.6. The fourth-order valence-electron chi connectivity index (χ4n) is 5.90. The van der Waals surface area contributed by atoms with Crippen molar-refractivity contribution in [3.8, 4) is 11.3 Å². The lowest BCUT2D eigenvalue weighted by Gasteiger charge is -2.37. The Morgan fingerprint density at radius 3 is 2.44 bits per heavy atom. The highest BCUT2D eigenvalue weighted by Crippen LogP contribution is 2.69. The first-order valence-corrected chi connectivity index (χ1v) is 13.3. The number of nitrogens with zero attached hydrogens (tertiary/aromatic N) is 3. The predicted octanol–water partition coefficient (Wildman–Crippen LogP) is 4.07. The van der Waals surface area contributed by atoms with Crippen LogP contribution in [0.3, 0.4) is 0 Å². The van der Waals surface area contributed by atoms with E-state index < -0.39 is 38.1 Å². The van der Waals surface area contributed by atoms with Gasteiger partial charge in [0, 0.05) is 6.54 Å². The highest BCUT2D eigenvalue weighted by molar-refractivity contribution is 7.89. The number of benzene rings is 1. The van der Waals surface area contributed by atoms with E-state index in [2.05, 4.69) is 33.8 Å². The van der Waals surface area contributed by atoms with E-state index in [-0.39, 0.29) is 28.7 Å². The van der Waals surface area contributed by atoms with Crippen LogP contribution in [0.4, 0.5) is 8.78 Å². The standard InChI is InChI=1S/C26H28F2N4O3S/c1-24(2,33)14-29-36(34,35)21-10-6-9-20(30-21)26-12-11-16(25(26,3)4)15-13-19(31-32-23(15)26)22-17(27)7-5-8-18(22)28/h5-10,13,16,29,33H,11-12,14H2,1-4H3/t16-,26-/m0/s1. The molecule has 2 heterocycles. The minimum absolute atomic E-state index is 0.0342. The zero-order chi connectivity index (χ0) is 26.1. The first-order valence-electron chi connectivity index (χ1n) is 11.8. The van der Waals surface area contributed by atoms with Gasteiger partial charge in [-0.15, -0.1) is 5.10 Å². The van der Waals surface area contributed by atoms with Crippen LogP contribution in [0, 0.1) is 17.0 Å². The number of fused-ring (bicyclic) bond motifs is 5. The van der Waals surface area contributed by atoms with E-state index in [1.807, 2.05) is 0 Å². The van der Waals surface area contributed by atoms with Crippen LogP contribution in [-0.2, 0) is 15.4 Å². The topological polar surface area (TPSA) is 105 Å². The average molecular weight is 515 g/mol. The lowest BCUT2D eigenvalue weighted by molar-refractivity contribution is 0.0857. The van der Waals surface area contributed by atoms with Crippen molar-refractivity contribution in [3.05, 3.63) is 71.1 Å². The molecular weight excluding hydrogens is 486 g/mol. The van der Waals surface area contributed by atoms with E-state index in [1.165, 1.54) is 38.1 Å². The van der Waals surface area contributed by atoms with Gasteiger partial charge in [-0.3, -0.25) is 0 Å². The highest BCUT2D eigenvalue weighted by atomic mass is 32.2. The smallest absolute Gasteiger partial charge is 0.258 e. The molecule has 2 bridgehead atoms. The van der Waals surface area contributed by atoms with Crippen LogP contribution in [0.5, 0.6) is 0 Å². The van der Waals surface area contributed by atoms with Gasteiger partial charge in [0.05, 0.1) is 33.7 Å². The summed E-state index contributed by atoms with van der Waals surface area (Å²) in [5, 5.41) is 18.5. The lowest BCUT2D eigenvalue weighted by Crippen LogP contribution is -2.40. The van der Waals surface area contributed by atoms with Gasteiger partial charge in [-0.05, 0) is 73.9 Å². The molecule has 1 saturated carbocycles. The number of sulfonamides is 1. The van der Waals surface area contributed by atoms with Crippen LogP contribution in [0.1, 0.15) is 63.4 Å². The molecule has 0 aliphatic heterocycles. The van der Waals surface area contributed by atoms with Crippen molar-refractivity contribution in [1.29, 1.82) is 0 Å². The van der Waals surface area contributed by atoms with Crippen LogP contribution < -0.4 is 4.72 Å². The molecule has 3 aromatic rings. The summed E-state index contributed by atoms with van der Waals surface area (Å²) in [7, 11) is -3.97. The molecule has 0 unspecified atom stereocenters.